The number of carbonyl (C=O) groups is 1. The summed E-state index contributed by atoms with van der Waals surface area (Å²) in [6.45, 7) is 2.57. The van der Waals surface area contributed by atoms with Gasteiger partial charge in [0, 0.05) is 19.1 Å². The molecule has 1 unspecified atom stereocenters. The molecule has 23 heavy (non-hydrogen) atoms. The molecule has 0 bridgehead atoms. The van der Waals surface area contributed by atoms with Gasteiger partial charge in [-0.2, -0.15) is 0 Å². The van der Waals surface area contributed by atoms with Crippen molar-refractivity contribution in [1.29, 1.82) is 0 Å². The van der Waals surface area contributed by atoms with Crippen LogP contribution in [0.5, 0.6) is 5.75 Å². The molecule has 122 valence electrons. The summed E-state index contributed by atoms with van der Waals surface area (Å²) in [6.07, 6.45) is 0.614. The number of hydrogen-bond donors (Lipinski definition) is 2. The average Bonchev–Trinajstić information content (AvgIpc) is 2.59. The number of hydrogen-bond acceptors (Lipinski definition) is 3. The predicted molar refractivity (Wildman–Crippen MR) is 90.6 cm³/mol. The van der Waals surface area contributed by atoms with Gasteiger partial charge in [0.1, 0.15) is 5.75 Å². The van der Waals surface area contributed by atoms with Crippen LogP contribution in [-0.2, 0) is 4.79 Å². The van der Waals surface area contributed by atoms with Crippen molar-refractivity contribution in [3.8, 4) is 5.75 Å². The number of rotatable bonds is 8. The second kappa shape index (κ2) is 8.96. The predicted octanol–water partition coefficient (Wildman–Crippen LogP) is 2.66. The lowest BCUT2D eigenvalue weighted by molar-refractivity contribution is -0.123. The first-order valence-corrected chi connectivity index (χ1v) is 7.81. The smallest absolute Gasteiger partial charge is 0.257 e. The number of ether oxygens (including phenoxy) is 1. The molecule has 0 aromatic heterocycles. The third-order valence-corrected chi connectivity index (χ3v) is 3.69. The number of benzene rings is 2. The molecule has 0 radical (unpaired) electrons. The maximum Gasteiger partial charge on any atom is 0.257 e. The Bertz CT molecular complexity index is 596. The van der Waals surface area contributed by atoms with Crippen molar-refractivity contribution < 1.29 is 14.6 Å². The second-order valence-corrected chi connectivity index (χ2v) is 5.53. The van der Waals surface area contributed by atoms with Crippen LogP contribution in [0, 0.1) is 6.92 Å². The molecule has 2 N–H and O–H groups in total. The Labute approximate surface area is 137 Å². The molecule has 2 rings (SSSR count). The van der Waals surface area contributed by atoms with E-state index in [2.05, 4.69) is 5.32 Å². The lowest BCUT2D eigenvalue weighted by Crippen LogP contribution is -2.32. The normalized spacial score (nSPS) is 11.7. The average molecular weight is 313 g/mol. The van der Waals surface area contributed by atoms with Crippen molar-refractivity contribution in [2.24, 2.45) is 0 Å². The van der Waals surface area contributed by atoms with Crippen molar-refractivity contribution in [3.63, 3.8) is 0 Å². The fourth-order valence-electron chi connectivity index (χ4n) is 2.34. The summed E-state index contributed by atoms with van der Waals surface area (Å²) >= 11 is 0. The molecule has 0 aliphatic rings. The van der Waals surface area contributed by atoms with E-state index in [0.717, 1.165) is 11.1 Å². The lowest BCUT2D eigenvalue weighted by Gasteiger charge is -2.17. The largest absolute Gasteiger partial charge is 0.484 e. The van der Waals surface area contributed by atoms with Crippen LogP contribution < -0.4 is 10.1 Å². The highest BCUT2D eigenvalue weighted by Gasteiger charge is 2.12. The van der Waals surface area contributed by atoms with Crippen LogP contribution in [0.4, 0.5) is 0 Å². The summed E-state index contributed by atoms with van der Waals surface area (Å²) in [4.78, 5) is 11.9. The monoisotopic (exact) mass is 313 g/mol. The van der Waals surface area contributed by atoms with Crippen LogP contribution in [0.25, 0.3) is 0 Å². The second-order valence-electron chi connectivity index (χ2n) is 5.53. The first kappa shape index (κ1) is 17.0. The minimum atomic E-state index is -0.163. The molecule has 0 aliphatic heterocycles. The zero-order chi connectivity index (χ0) is 16.5. The third kappa shape index (κ3) is 5.75. The van der Waals surface area contributed by atoms with Crippen LogP contribution >= 0.6 is 0 Å². The van der Waals surface area contributed by atoms with Crippen molar-refractivity contribution in [2.75, 3.05) is 19.8 Å². The maximum absolute atomic E-state index is 11.9. The molecule has 1 amide bonds. The molecule has 4 heteroatoms. The Hall–Kier alpha value is -2.33. The Kier molecular flexibility index (Phi) is 6.63. The SMILES string of the molecule is Cc1ccc(OCC(=O)NCC(CCO)c2ccccc2)cc1. The molecule has 0 aliphatic carbocycles. The van der Waals surface area contributed by atoms with Crippen LogP contribution in [0.1, 0.15) is 23.5 Å². The quantitative estimate of drug-likeness (QED) is 0.788. The van der Waals surface area contributed by atoms with Crippen molar-refractivity contribution >= 4 is 5.91 Å². The Morgan fingerprint density at radius 1 is 1.13 bits per heavy atom. The van der Waals surface area contributed by atoms with E-state index < -0.39 is 0 Å². The van der Waals surface area contributed by atoms with E-state index in [9.17, 15) is 9.90 Å². The number of amides is 1. The van der Waals surface area contributed by atoms with Crippen LogP contribution in [-0.4, -0.2) is 30.8 Å². The molecular formula is C19H23NO3. The first-order valence-electron chi connectivity index (χ1n) is 7.81. The van der Waals surface area contributed by atoms with E-state index in [1.54, 1.807) is 0 Å². The van der Waals surface area contributed by atoms with Crippen molar-refractivity contribution in [3.05, 3.63) is 65.7 Å². The van der Waals surface area contributed by atoms with Gasteiger partial charge in [-0.15, -0.1) is 0 Å². The summed E-state index contributed by atoms with van der Waals surface area (Å²) in [7, 11) is 0. The summed E-state index contributed by atoms with van der Waals surface area (Å²) in [6, 6.07) is 17.5. The standard InChI is InChI=1S/C19H23NO3/c1-15-7-9-18(10-8-15)23-14-19(22)20-13-17(11-12-21)16-5-3-2-4-6-16/h2-10,17,21H,11-14H2,1H3,(H,20,22). The van der Waals surface area contributed by atoms with Crippen LogP contribution in [0.15, 0.2) is 54.6 Å². The lowest BCUT2D eigenvalue weighted by atomic mass is 9.96. The van der Waals surface area contributed by atoms with Crippen LogP contribution in [0.3, 0.4) is 0 Å². The highest BCUT2D eigenvalue weighted by Crippen LogP contribution is 2.18. The van der Waals surface area contributed by atoms with Gasteiger partial charge in [-0.3, -0.25) is 4.79 Å². The Morgan fingerprint density at radius 2 is 1.83 bits per heavy atom. The number of aliphatic hydroxyl groups is 1. The van der Waals surface area contributed by atoms with E-state index in [1.807, 2.05) is 61.5 Å². The molecule has 0 fully saturated rings. The van der Waals surface area contributed by atoms with E-state index in [1.165, 1.54) is 0 Å². The Morgan fingerprint density at radius 3 is 2.48 bits per heavy atom. The fourth-order valence-corrected chi connectivity index (χ4v) is 2.34. The van der Waals surface area contributed by atoms with E-state index in [4.69, 9.17) is 4.74 Å². The topological polar surface area (TPSA) is 58.6 Å². The van der Waals surface area contributed by atoms with Crippen molar-refractivity contribution in [2.45, 2.75) is 19.3 Å². The molecule has 0 spiro atoms. The van der Waals surface area contributed by atoms with E-state index in [0.29, 0.717) is 18.7 Å². The van der Waals surface area contributed by atoms with Gasteiger partial charge < -0.3 is 15.2 Å². The van der Waals surface area contributed by atoms with E-state index >= 15 is 0 Å². The number of aryl methyl sites for hydroxylation is 1. The van der Waals surface area contributed by atoms with Gasteiger partial charge in [0.05, 0.1) is 0 Å². The van der Waals surface area contributed by atoms with Gasteiger partial charge in [0.25, 0.3) is 5.91 Å². The molecular weight excluding hydrogens is 290 g/mol. The number of nitrogens with one attached hydrogen (secondary N) is 1. The zero-order valence-corrected chi connectivity index (χ0v) is 13.4. The minimum Gasteiger partial charge on any atom is -0.484 e. The fraction of sp³-hybridized carbons (Fsp3) is 0.316. The van der Waals surface area contributed by atoms with Gasteiger partial charge in [0.2, 0.25) is 0 Å². The summed E-state index contributed by atoms with van der Waals surface area (Å²) in [5.41, 5.74) is 2.26. The van der Waals surface area contributed by atoms with Gasteiger partial charge in [-0.1, -0.05) is 48.0 Å². The Balaban J connectivity index is 1.80. The van der Waals surface area contributed by atoms with Gasteiger partial charge in [-0.25, -0.2) is 0 Å². The maximum atomic E-state index is 11.9. The van der Waals surface area contributed by atoms with Crippen LogP contribution in [0.2, 0.25) is 0 Å². The molecule has 1 atom stereocenters. The molecule has 0 heterocycles. The highest BCUT2D eigenvalue weighted by molar-refractivity contribution is 5.77. The first-order chi connectivity index (χ1) is 11.2. The summed E-state index contributed by atoms with van der Waals surface area (Å²) in [5, 5.41) is 12.1. The summed E-state index contributed by atoms with van der Waals surface area (Å²) in [5.74, 6) is 0.620. The van der Waals surface area contributed by atoms with E-state index in [-0.39, 0.29) is 25.0 Å². The van der Waals surface area contributed by atoms with Gasteiger partial charge in [-0.05, 0) is 31.0 Å². The van der Waals surface area contributed by atoms with Gasteiger partial charge >= 0.3 is 0 Å². The molecule has 4 nitrogen and oxygen atoms in total. The molecule has 2 aromatic carbocycles. The minimum absolute atomic E-state index is 0.0102. The number of carbonyl (C=O) groups excluding carboxylic acids is 1. The molecule has 0 saturated heterocycles. The molecule has 2 aromatic rings. The van der Waals surface area contributed by atoms with Crippen molar-refractivity contribution in [1.82, 2.24) is 5.32 Å². The zero-order valence-electron chi connectivity index (χ0n) is 13.4. The molecule has 0 saturated carbocycles. The highest BCUT2D eigenvalue weighted by atomic mass is 16.5. The van der Waals surface area contributed by atoms with Gasteiger partial charge in [0.15, 0.2) is 6.61 Å². The summed E-state index contributed by atoms with van der Waals surface area (Å²) < 4.78 is 5.46. The third-order valence-electron chi connectivity index (χ3n) is 3.69. The number of aliphatic hydroxyl groups excluding tert-OH is 1.